The van der Waals surface area contributed by atoms with E-state index < -0.39 is 18.1 Å². The SMILES string of the molecule is O=C(OCCC=C(F)F)c1ccc2sc(SCCC=C(F)F)nc2c1. The number of fused-ring (bicyclic) bond motifs is 1. The molecule has 0 saturated heterocycles. The first kappa shape index (κ1) is 19.5. The Kier molecular flexibility index (Phi) is 7.45. The number of allylic oxidation sites excluding steroid dienone is 1. The minimum atomic E-state index is -1.81. The lowest BCUT2D eigenvalue weighted by Gasteiger charge is -2.02. The van der Waals surface area contributed by atoms with Crippen LogP contribution in [0.3, 0.4) is 0 Å². The summed E-state index contributed by atoms with van der Waals surface area (Å²) in [5, 5.41) is 0. The number of rotatable bonds is 8. The van der Waals surface area contributed by atoms with Crippen LogP contribution in [0, 0.1) is 0 Å². The fourth-order valence-corrected chi connectivity index (χ4v) is 3.82. The Morgan fingerprint density at radius 2 is 1.88 bits per heavy atom. The topological polar surface area (TPSA) is 39.2 Å². The molecule has 2 aromatic rings. The van der Waals surface area contributed by atoms with Crippen LogP contribution < -0.4 is 0 Å². The van der Waals surface area contributed by atoms with Gasteiger partial charge in [0.25, 0.3) is 12.2 Å². The lowest BCUT2D eigenvalue weighted by atomic mass is 10.2. The van der Waals surface area contributed by atoms with Crippen molar-refractivity contribution in [2.45, 2.75) is 17.2 Å². The third-order valence-corrected chi connectivity index (χ3v) is 5.11. The molecular formula is C16H13F4NO2S2. The number of thiazole rings is 1. The molecule has 0 spiro atoms. The second-order valence-electron chi connectivity index (χ2n) is 4.71. The van der Waals surface area contributed by atoms with E-state index in [2.05, 4.69) is 4.98 Å². The van der Waals surface area contributed by atoms with Crippen molar-refractivity contribution >= 4 is 39.3 Å². The predicted molar refractivity (Wildman–Crippen MR) is 90.5 cm³/mol. The fraction of sp³-hybridized carbons (Fsp3) is 0.250. The highest BCUT2D eigenvalue weighted by Crippen LogP contribution is 2.30. The largest absolute Gasteiger partial charge is 0.462 e. The summed E-state index contributed by atoms with van der Waals surface area (Å²) in [6.45, 7) is -0.134. The molecule has 0 radical (unpaired) electrons. The highest BCUT2D eigenvalue weighted by atomic mass is 32.2. The number of nitrogens with zero attached hydrogens (tertiary/aromatic N) is 1. The highest BCUT2D eigenvalue weighted by Gasteiger charge is 2.11. The number of thioether (sulfide) groups is 1. The molecule has 25 heavy (non-hydrogen) atoms. The Bertz CT molecular complexity index is 797. The quantitative estimate of drug-likeness (QED) is 0.244. The molecule has 0 aliphatic heterocycles. The van der Waals surface area contributed by atoms with E-state index in [1.807, 2.05) is 0 Å². The number of halogens is 4. The summed E-state index contributed by atoms with van der Waals surface area (Å²) in [4.78, 5) is 16.2. The second-order valence-corrected chi connectivity index (χ2v) is 7.08. The van der Waals surface area contributed by atoms with Crippen molar-refractivity contribution in [1.82, 2.24) is 4.98 Å². The van der Waals surface area contributed by atoms with Crippen molar-refractivity contribution in [3.8, 4) is 0 Å². The van der Waals surface area contributed by atoms with Gasteiger partial charge in [-0.15, -0.1) is 11.3 Å². The molecule has 134 valence electrons. The van der Waals surface area contributed by atoms with Gasteiger partial charge in [0.05, 0.1) is 22.4 Å². The molecule has 0 unspecified atom stereocenters. The summed E-state index contributed by atoms with van der Waals surface area (Å²) in [6, 6.07) is 4.85. The summed E-state index contributed by atoms with van der Waals surface area (Å²) < 4.78 is 54.2. The fourth-order valence-electron chi connectivity index (χ4n) is 1.81. The Morgan fingerprint density at radius 3 is 2.60 bits per heavy atom. The number of hydrogen-bond acceptors (Lipinski definition) is 5. The molecule has 0 amide bonds. The third-order valence-electron chi connectivity index (χ3n) is 2.90. The zero-order valence-electron chi connectivity index (χ0n) is 12.8. The van der Waals surface area contributed by atoms with Gasteiger partial charge in [0.1, 0.15) is 0 Å². The number of carbonyl (C=O) groups is 1. The van der Waals surface area contributed by atoms with Gasteiger partial charge in [-0.05, 0) is 36.8 Å². The molecule has 3 nitrogen and oxygen atoms in total. The summed E-state index contributed by atoms with van der Waals surface area (Å²) in [5.74, 6) is -0.134. The van der Waals surface area contributed by atoms with Gasteiger partial charge < -0.3 is 4.74 Å². The highest BCUT2D eigenvalue weighted by molar-refractivity contribution is 8.01. The van der Waals surface area contributed by atoms with Crippen LogP contribution in [0.5, 0.6) is 0 Å². The number of hydrogen-bond donors (Lipinski definition) is 0. The third kappa shape index (κ3) is 6.50. The molecule has 0 saturated carbocycles. The normalized spacial score (nSPS) is 10.6. The number of esters is 1. The summed E-state index contributed by atoms with van der Waals surface area (Å²) >= 11 is 2.76. The average Bonchev–Trinajstić information content (AvgIpc) is 2.97. The van der Waals surface area contributed by atoms with E-state index in [1.54, 1.807) is 18.2 Å². The number of ether oxygens (including phenoxy) is 1. The van der Waals surface area contributed by atoms with Gasteiger partial charge in [0.15, 0.2) is 4.34 Å². The molecule has 0 aliphatic carbocycles. The lowest BCUT2D eigenvalue weighted by molar-refractivity contribution is 0.0510. The number of aromatic nitrogens is 1. The van der Waals surface area contributed by atoms with E-state index in [4.69, 9.17) is 4.74 Å². The lowest BCUT2D eigenvalue weighted by Crippen LogP contribution is -2.05. The maximum atomic E-state index is 12.0. The minimum absolute atomic E-state index is 0.0538. The Balaban J connectivity index is 1.95. The van der Waals surface area contributed by atoms with Gasteiger partial charge in [-0.1, -0.05) is 11.8 Å². The monoisotopic (exact) mass is 391 g/mol. The predicted octanol–water partition coefficient (Wildman–Crippen LogP) is 5.89. The Hall–Kier alpha value is -1.87. The maximum absolute atomic E-state index is 12.0. The van der Waals surface area contributed by atoms with E-state index in [0.29, 0.717) is 17.3 Å². The molecule has 0 N–H and O–H groups in total. The molecule has 0 aliphatic rings. The Morgan fingerprint density at radius 1 is 1.16 bits per heavy atom. The standard InChI is InChI=1S/C16H13F4NO2S2/c17-13(18)3-1-7-23-15(22)10-5-6-12-11(9-10)21-16(25-12)24-8-2-4-14(19)20/h3-6,9H,1-2,7-8H2. The van der Waals surface area contributed by atoms with Crippen molar-refractivity contribution in [3.63, 3.8) is 0 Å². The van der Waals surface area contributed by atoms with Crippen LogP contribution in [0.4, 0.5) is 17.6 Å². The van der Waals surface area contributed by atoms with Gasteiger partial charge in [-0.25, -0.2) is 9.78 Å². The minimum Gasteiger partial charge on any atom is -0.462 e. The van der Waals surface area contributed by atoms with Gasteiger partial charge >= 0.3 is 5.97 Å². The van der Waals surface area contributed by atoms with Gasteiger partial charge in [-0.2, -0.15) is 17.6 Å². The van der Waals surface area contributed by atoms with E-state index in [0.717, 1.165) is 15.1 Å². The molecule has 1 heterocycles. The van der Waals surface area contributed by atoms with Crippen LogP contribution in [-0.4, -0.2) is 23.3 Å². The van der Waals surface area contributed by atoms with Crippen LogP contribution in [0.1, 0.15) is 23.2 Å². The first-order valence-corrected chi connectivity index (χ1v) is 8.99. The van der Waals surface area contributed by atoms with Gasteiger partial charge in [0, 0.05) is 12.2 Å². The van der Waals surface area contributed by atoms with Gasteiger partial charge in [-0.3, -0.25) is 0 Å². The van der Waals surface area contributed by atoms with Gasteiger partial charge in [0.2, 0.25) is 0 Å². The summed E-state index contributed by atoms with van der Waals surface area (Å²) in [5.41, 5.74) is 0.880. The Labute approximate surface area is 149 Å². The first-order valence-electron chi connectivity index (χ1n) is 7.18. The van der Waals surface area contributed by atoms with E-state index >= 15 is 0 Å². The number of carbonyl (C=O) groups excluding carboxylic acids is 1. The maximum Gasteiger partial charge on any atom is 0.338 e. The second kappa shape index (κ2) is 9.57. The van der Waals surface area contributed by atoms with Crippen molar-refractivity contribution in [3.05, 3.63) is 48.1 Å². The van der Waals surface area contributed by atoms with Crippen molar-refractivity contribution in [1.29, 1.82) is 0 Å². The molecule has 2 rings (SSSR count). The van der Waals surface area contributed by atoms with Crippen LogP contribution in [0.15, 0.2) is 46.9 Å². The molecule has 0 bridgehead atoms. The smallest absolute Gasteiger partial charge is 0.338 e. The summed E-state index contributed by atoms with van der Waals surface area (Å²) in [7, 11) is 0. The van der Waals surface area contributed by atoms with Crippen LogP contribution in [0.2, 0.25) is 0 Å². The molecule has 9 heteroatoms. The van der Waals surface area contributed by atoms with Crippen LogP contribution in [-0.2, 0) is 4.74 Å². The van der Waals surface area contributed by atoms with Crippen molar-refractivity contribution in [2.75, 3.05) is 12.4 Å². The first-order chi connectivity index (χ1) is 12.0. The van der Waals surface area contributed by atoms with E-state index in [9.17, 15) is 22.4 Å². The van der Waals surface area contributed by atoms with Crippen LogP contribution >= 0.6 is 23.1 Å². The number of benzene rings is 1. The molecule has 0 atom stereocenters. The van der Waals surface area contributed by atoms with Crippen molar-refractivity contribution < 1.29 is 27.1 Å². The van der Waals surface area contributed by atoms with E-state index in [1.165, 1.54) is 23.1 Å². The molecule has 1 aromatic carbocycles. The average molecular weight is 391 g/mol. The molecule has 1 aromatic heterocycles. The van der Waals surface area contributed by atoms with Crippen LogP contribution in [0.25, 0.3) is 10.2 Å². The zero-order valence-corrected chi connectivity index (χ0v) is 14.4. The summed E-state index contributed by atoms with van der Waals surface area (Å²) in [6.07, 6.45) is -1.77. The zero-order chi connectivity index (χ0) is 18.2. The van der Waals surface area contributed by atoms with Crippen molar-refractivity contribution in [2.24, 2.45) is 0 Å². The molecular weight excluding hydrogens is 378 g/mol. The van der Waals surface area contributed by atoms with E-state index in [-0.39, 0.29) is 25.0 Å². The molecule has 0 fully saturated rings.